The minimum atomic E-state index is -1.20. The second kappa shape index (κ2) is 12.2. The normalized spacial score (nSPS) is 25.0. The van der Waals surface area contributed by atoms with Crippen molar-refractivity contribution in [2.45, 2.75) is 63.1 Å². The van der Waals surface area contributed by atoms with E-state index in [1.165, 1.54) is 18.6 Å². The van der Waals surface area contributed by atoms with Crippen molar-refractivity contribution in [3.8, 4) is 5.88 Å². The Morgan fingerprint density at radius 1 is 1.09 bits per heavy atom. The quantitative estimate of drug-likeness (QED) is 0.220. The molecule has 1 saturated heterocycles. The highest BCUT2D eigenvalue weighted by Crippen LogP contribution is 2.53. The summed E-state index contributed by atoms with van der Waals surface area (Å²) in [6.07, 6.45) is 5.61. The fraction of sp³-hybridized carbons (Fsp3) is 0.400. The van der Waals surface area contributed by atoms with Crippen LogP contribution in [0.2, 0.25) is 10.0 Å². The third kappa shape index (κ3) is 5.32. The first-order chi connectivity index (χ1) is 22.1. The number of hydrogen-bond donors (Lipinski definition) is 2. The van der Waals surface area contributed by atoms with Gasteiger partial charge in [-0.25, -0.2) is 13.9 Å². The summed E-state index contributed by atoms with van der Waals surface area (Å²) < 4.78 is 24.4. The molecule has 11 heteroatoms. The highest BCUT2D eigenvalue weighted by Gasteiger charge is 2.62. The average Bonchev–Trinajstić information content (AvgIpc) is 3.41. The topological polar surface area (TPSA) is 96.7 Å². The van der Waals surface area contributed by atoms with E-state index in [2.05, 4.69) is 10.2 Å². The molecule has 8 nitrogen and oxygen atoms in total. The third-order valence-electron chi connectivity index (χ3n) is 10.3. The van der Waals surface area contributed by atoms with Crippen LogP contribution in [0.4, 0.5) is 10.1 Å². The Balaban J connectivity index is 1.37. The van der Waals surface area contributed by atoms with Gasteiger partial charge in [0.05, 0.1) is 27.5 Å². The van der Waals surface area contributed by atoms with Crippen molar-refractivity contribution in [2.24, 2.45) is 11.8 Å². The minimum Gasteiger partial charge on any atom is -0.478 e. The second-order valence-corrected chi connectivity index (χ2v) is 13.8. The molecule has 1 aromatic heterocycles. The number of carbonyl (C=O) groups excluding carboxylic acids is 1. The van der Waals surface area contributed by atoms with Crippen molar-refractivity contribution in [2.75, 3.05) is 18.5 Å². The van der Waals surface area contributed by atoms with Crippen LogP contribution in [0.3, 0.4) is 0 Å². The predicted octanol–water partition coefficient (Wildman–Crippen LogP) is 7.63. The Morgan fingerprint density at radius 3 is 2.63 bits per heavy atom. The van der Waals surface area contributed by atoms with E-state index >= 15 is 4.39 Å². The molecule has 0 bridgehead atoms. The number of aromatic nitrogens is 2. The number of carbonyl (C=O) groups is 2. The maximum Gasteiger partial charge on any atom is 0.335 e. The molecule has 1 saturated carbocycles. The summed E-state index contributed by atoms with van der Waals surface area (Å²) in [6, 6.07) is 16.5. The number of ether oxygens (including phenoxy) is 1. The van der Waals surface area contributed by atoms with Gasteiger partial charge in [0.2, 0.25) is 11.8 Å². The smallest absolute Gasteiger partial charge is 0.335 e. The third-order valence-corrected chi connectivity index (χ3v) is 10.8. The lowest BCUT2D eigenvalue weighted by molar-refractivity contribution is -0.128. The molecule has 4 aromatic rings. The van der Waals surface area contributed by atoms with E-state index in [9.17, 15) is 14.7 Å². The van der Waals surface area contributed by atoms with E-state index in [-0.39, 0.29) is 35.1 Å². The zero-order chi connectivity index (χ0) is 32.2. The summed E-state index contributed by atoms with van der Waals surface area (Å²) in [6.45, 7) is 3.15. The van der Waals surface area contributed by atoms with Gasteiger partial charge in [0.1, 0.15) is 18.0 Å². The van der Waals surface area contributed by atoms with Gasteiger partial charge in [-0.1, -0.05) is 60.7 Å². The number of likely N-dealkylation sites (tertiary alicyclic amines) is 1. The summed E-state index contributed by atoms with van der Waals surface area (Å²) in [7, 11) is 0. The zero-order valence-corrected chi connectivity index (χ0v) is 26.9. The molecule has 2 N–H and O–H groups in total. The first-order valence-corrected chi connectivity index (χ1v) is 16.5. The van der Waals surface area contributed by atoms with Crippen LogP contribution in [-0.4, -0.2) is 56.4 Å². The van der Waals surface area contributed by atoms with Crippen LogP contribution in [0.1, 0.15) is 60.9 Å². The Hall–Kier alpha value is -3.66. The van der Waals surface area contributed by atoms with Crippen LogP contribution in [-0.2, 0) is 11.3 Å². The average molecular weight is 666 g/mol. The molecule has 46 heavy (non-hydrogen) atoms. The molecule has 7 rings (SSSR count). The van der Waals surface area contributed by atoms with E-state index in [4.69, 9.17) is 33.0 Å². The molecule has 1 amide bonds. The standard InChI is InChI=1S/C35H35Cl2FN4O4/c1-35(34(45)39-23-10-5-9-22(36)16-23)30(25-11-6-12-27(37)31(25)38)26-18-42-32(24-14-13-21(33(43)44)15-28(24)40-42)46-19-29(26)41(35)17-20-7-3-2-4-8-20/h5-6,9-16,20,26,29-30H,2-4,7-8,17-19H2,1H3,(H,39,45)(H,43,44)/t26-,29+,30+,35-/m1/s1. The van der Waals surface area contributed by atoms with Gasteiger partial charge in [-0.3, -0.25) is 9.69 Å². The van der Waals surface area contributed by atoms with E-state index in [0.29, 0.717) is 52.1 Å². The summed E-state index contributed by atoms with van der Waals surface area (Å²) in [5, 5.41) is 18.6. The largest absolute Gasteiger partial charge is 0.478 e. The Bertz CT molecular complexity index is 1830. The summed E-state index contributed by atoms with van der Waals surface area (Å²) in [5.41, 5.74) is 0.343. The molecule has 3 heterocycles. The second-order valence-electron chi connectivity index (χ2n) is 13.0. The molecule has 4 atom stereocenters. The molecular weight excluding hydrogens is 630 g/mol. The number of hydrogen-bond acceptors (Lipinski definition) is 5. The maximum absolute atomic E-state index is 16.2. The number of anilines is 1. The number of fused-ring (bicyclic) bond motifs is 4. The van der Waals surface area contributed by atoms with E-state index < -0.39 is 23.2 Å². The van der Waals surface area contributed by atoms with Crippen molar-refractivity contribution < 1.29 is 23.8 Å². The van der Waals surface area contributed by atoms with Gasteiger partial charge in [0, 0.05) is 35.6 Å². The van der Waals surface area contributed by atoms with Crippen molar-refractivity contribution in [1.82, 2.24) is 14.7 Å². The number of carboxylic acid groups (broad SMARTS) is 1. The maximum atomic E-state index is 16.2. The summed E-state index contributed by atoms with van der Waals surface area (Å²) in [5.74, 6) is -1.87. The lowest BCUT2D eigenvalue weighted by Crippen LogP contribution is -2.57. The van der Waals surface area contributed by atoms with E-state index in [1.54, 1.807) is 53.2 Å². The van der Waals surface area contributed by atoms with Gasteiger partial charge < -0.3 is 15.2 Å². The Labute approximate surface area is 276 Å². The summed E-state index contributed by atoms with van der Waals surface area (Å²) >= 11 is 12.7. The molecular formula is C35H35Cl2FN4O4. The molecule has 2 aliphatic heterocycles. The van der Waals surface area contributed by atoms with Gasteiger partial charge in [-0.05, 0) is 73.7 Å². The molecule has 2 fully saturated rings. The van der Waals surface area contributed by atoms with Crippen LogP contribution in [0.15, 0.2) is 60.7 Å². The van der Waals surface area contributed by atoms with Crippen LogP contribution in [0, 0.1) is 17.7 Å². The van der Waals surface area contributed by atoms with Crippen molar-refractivity contribution in [1.29, 1.82) is 0 Å². The number of aromatic carboxylic acids is 1. The van der Waals surface area contributed by atoms with Gasteiger partial charge >= 0.3 is 5.97 Å². The molecule has 3 aliphatic rings. The van der Waals surface area contributed by atoms with Gasteiger partial charge in [0.25, 0.3) is 0 Å². The molecule has 3 aromatic carbocycles. The zero-order valence-electron chi connectivity index (χ0n) is 25.4. The number of amides is 1. The lowest BCUT2D eigenvalue weighted by Gasteiger charge is -2.42. The van der Waals surface area contributed by atoms with Gasteiger partial charge in [0.15, 0.2) is 0 Å². The predicted molar refractivity (Wildman–Crippen MR) is 175 cm³/mol. The monoisotopic (exact) mass is 664 g/mol. The molecule has 0 spiro atoms. The molecule has 1 aliphatic carbocycles. The first-order valence-electron chi connectivity index (χ1n) is 15.8. The van der Waals surface area contributed by atoms with Crippen LogP contribution >= 0.6 is 23.2 Å². The highest BCUT2D eigenvalue weighted by molar-refractivity contribution is 6.31. The Morgan fingerprint density at radius 2 is 1.87 bits per heavy atom. The number of nitrogens with one attached hydrogen (secondary N) is 1. The highest BCUT2D eigenvalue weighted by atomic mass is 35.5. The molecule has 240 valence electrons. The number of rotatable bonds is 6. The van der Waals surface area contributed by atoms with Crippen molar-refractivity contribution in [3.05, 3.63) is 87.7 Å². The molecule has 0 radical (unpaired) electrons. The van der Waals surface area contributed by atoms with Gasteiger partial charge in [-0.2, -0.15) is 5.10 Å². The SMILES string of the molecule is C[C@]1(C(=O)Nc2cccc(Cl)c2)[C@@H](c2cccc(Cl)c2F)[C@@H]2Cn3nc4cc(C(=O)O)ccc4c3OC[C@@H]2N1CC1CCCCC1. The number of halogens is 3. The fourth-order valence-corrected chi connectivity index (χ4v) is 8.45. The number of nitrogens with zero attached hydrogens (tertiary/aromatic N) is 3. The minimum absolute atomic E-state index is 0.00558. The van der Waals surface area contributed by atoms with E-state index in [1.807, 2.05) is 6.92 Å². The number of benzene rings is 3. The van der Waals surface area contributed by atoms with Crippen LogP contribution in [0.5, 0.6) is 5.88 Å². The fourth-order valence-electron chi connectivity index (χ4n) is 8.08. The summed E-state index contributed by atoms with van der Waals surface area (Å²) in [4.78, 5) is 28.7. The Kier molecular flexibility index (Phi) is 8.19. The van der Waals surface area contributed by atoms with E-state index in [0.717, 1.165) is 25.7 Å². The van der Waals surface area contributed by atoms with Crippen molar-refractivity contribution >= 4 is 51.7 Å². The lowest BCUT2D eigenvalue weighted by atomic mass is 9.74. The van der Waals surface area contributed by atoms with Crippen molar-refractivity contribution in [3.63, 3.8) is 0 Å². The first kappa shape index (κ1) is 31.0. The van der Waals surface area contributed by atoms with Gasteiger partial charge in [-0.15, -0.1) is 0 Å². The van der Waals surface area contributed by atoms with Crippen LogP contribution < -0.4 is 10.1 Å². The number of carboxylic acids is 1. The van der Waals surface area contributed by atoms with Crippen LogP contribution in [0.25, 0.3) is 10.9 Å². The molecule has 0 unspecified atom stereocenters.